The minimum atomic E-state index is -1.87. The highest BCUT2D eigenvalue weighted by Crippen LogP contribution is 2.82. The molecular weight excluding hydrogens is 813 g/mol. The van der Waals surface area contributed by atoms with Crippen LogP contribution in [-0.4, -0.2) is 145 Å². The zero-order chi connectivity index (χ0) is 43.8. The van der Waals surface area contributed by atoms with Crippen LogP contribution in [0.5, 0.6) is 0 Å². The second-order valence-electron chi connectivity index (χ2n) is 19.0. The molecule has 4 saturated heterocycles. The van der Waals surface area contributed by atoms with Gasteiger partial charge in [0.05, 0.1) is 31.3 Å². The van der Waals surface area contributed by atoms with E-state index < -0.39 is 69.2 Å². The van der Waals surface area contributed by atoms with Crippen molar-refractivity contribution >= 4 is 47.0 Å². The number of aromatic amines is 1. The Bertz CT molecular complexity index is 2360. The Labute approximate surface area is 366 Å². The third kappa shape index (κ3) is 5.01. The SMILES string of the molecule is CC[C@]1(O)C[C@H]2CN(CCc3c([nH]c4ccc(SC)cc34)[C@@](C(=O)OC)(C3C=C4C(=CC3OC)N(C=O)[C@@]35O[C@]3(C(=O)OC)[C@H](OC(C)=O)[C@]3(CC)C=CCN6CC[C@]45[C@@H]63)C2)C1. The molecule has 8 aliphatic rings. The number of rotatable bonds is 9. The number of hydrogen-bond acceptors (Lipinski definition) is 13. The number of methoxy groups -OCH3 is 3. The largest absolute Gasteiger partial charge is 0.468 e. The van der Waals surface area contributed by atoms with E-state index in [0.717, 1.165) is 32.6 Å². The third-order valence-electron chi connectivity index (χ3n) is 16.6. The van der Waals surface area contributed by atoms with E-state index in [1.807, 2.05) is 19.9 Å². The molecule has 332 valence electrons. The molecule has 3 unspecified atom stereocenters. The van der Waals surface area contributed by atoms with E-state index in [0.29, 0.717) is 83.4 Å². The highest BCUT2D eigenvalue weighted by Gasteiger charge is 3.00. The van der Waals surface area contributed by atoms with Gasteiger partial charge in [0.25, 0.3) is 5.60 Å². The molecule has 6 aliphatic heterocycles. The molecule has 2 spiro atoms. The fraction of sp³-hybridized carbons (Fsp3) is 0.617. The van der Waals surface area contributed by atoms with E-state index in [2.05, 4.69) is 57.5 Å². The summed E-state index contributed by atoms with van der Waals surface area (Å²) in [5.74, 6) is -2.53. The number of fused-ring (bicyclic) bond motifs is 6. The molecule has 2 aliphatic carbocycles. The number of epoxide rings is 1. The van der Waals surface area contributed by atoms with Gasteiger partial charge in [0.2, 0.25) is 12.1 Å². The van der Waals surface area contributed by atoms with E-state index in [1.54, 1.807) is 18.9 Å². The number of benzene rings is 1. The zero-order valence-electron chi connectivity index (χ0n) is 36.7. The summed E-state index contributed by atoms with van der Waals surface area (Å²) in [6.07, 6.45) is 12.2. The molecular formula is C47H58N4O10S. The number of hydrogen-bond donors (Lipinski definition) is 2. The highest BCUT2D eigenvalue weighted by atomic mass is 32.2. The Morgan fingerprint density at radius 1 is 1.06 bits per heavy atom. The van der Waals surface area contributed by atoms with Gasteiger partial charge in [-0.25, -0.2) is 4.79 Å². The molecule has 15 heteroatoms. The van der Waals surface area contributed by atoms with Crippen molar-refractivity contribution in [3.63, 3.8) is 0 Å². The maximum absolute atomic E-state index is 15.5. The second-order valence-corrected chi connectivity index (χ2v) is 19.9. The highest BCUT2D eigenvalue weighted by molar-refractivity contribution is 7.98. The maximum atomic E-state index is 15.5. The van der Waals surface area contributed by atoms with E-state index in [9.17, 15) is 19.5 Å². The van der Waals surface area contributed by atoms with Crippen LogP contribution in [0.3, 0.4) is 0 Å². The minimum Gasteiger partial charge on any atom is -0.468 e. The minimum absolute atomic E-state index is 0.108. The molecule has 2 bridgehead atoms. The predicted octanol–water partition coefficient (Wildman–Crippen LogP) is 4.25. The summed E-state index contributed by atoms with van der Waals surface area (Å²) in [6.45, 7) is 8.55. The zero-order valence-corrected chi connectivity index (χ0v) is 37.5. The van der Waals surface area contributed by atoms with Crippen LogP contribution in [0.2, 0.25) is 0 Å². The van der Waals surface area contributed by atoms with Crippen LogP contribution < -0.4 is 0 Å². The number of nitrogens with one attached hydrogen (secondary N) is 1. The summed E-state index contributed by atoms with van der Waals surface area (Å²) in [5.41, 5.74) is -3.75. The van der Waals surface area contributed by atoms with Gasteiger partial charge in [-0.2, -0.15) is 0 Å². The number of nitrogens with zero attached hydrogens (tertiary/aromatic N) is 3. The standard InChI is InChI=1S/C47H58N4O10S/c1-8-42(56)22-28-23-44(40(54)58-5,37-30(13-17-49(24-28)25-42)31-19-29(62-7)11-12-34(31)48-37)33-20-32-35(21-36(33)57-4)51(26-52)47-45(32)15-18-50-16-10-14-43(9-2,38(45)50)39(60-27(3)53)46(47,61-47)41(55)59-6/h10-12,14,19-21,26,28,33,36,38-39,48,56H,8-9,13,15-18,22-25H2,1-7H3/t28-,33?,36?,38+,39-,42+,43-,44+,45-,46+,47+/m1/s1. The van der Waals surface area contributed by atoms with Crippen LogP contribution >= 0.6 is 11.8 Å². The molecule has 12 atom stereocenters. The quantitative estimate of drug-likeness (QED) is 0.0920. The van der Waals surface area contributed by atoms with Crippen LogP contribution in [0.25, 0.3) is 10.9 Å². The lowest BCUT2D eigenvalue weighted by atomic mass is 9.48. The lowest BCUT2D eigenvalue weighted by Crippen LogP contribution is -2.74. The van der Waals surface area contributed by atoms with Gasteiger partial charge in [0.15, 0.2) is 6.10 Å². The number of carbonyl (C=O) groups is 4. The first-order valence-electron chi connectivity index (χ1n) is 22.1. The van der Waals surface area contributed by atoms with Gasteiger partial charge in [-0.05, 0) is 92.7 Å². The molecule has 2 aromatic rings. The normalized spacial score (nSPS) is 41.2. The molecule has 7 heterocycles. The number of likely N-dealkylation sites (tertiary alicyclic amines) is 1. The van der Waals surface area contributed by atoms with Crippen LogP contribution in [0.4, 0.5) is 0 Å². The number of carbonyl (C=O) groups excluding carboxylic acids is 4. The van der Waals surface area contributed by atoms with Crippen LogP contribution in [0.1, 0.15) is 64.1 Å². The van der Waals surface area contributed by atoms with Crippen molar-refractivity contribution in [1.82, 2.24) is 19.7 Å². The van der Waals surface area contributed by atoms with Gasteiger partial charge in [-0.3, -0.25) is 29.1 Å². The summed E-state index contributed by atoms with van der Waals surface area (Å²) in [4.78, 5) is 68.3. The van der Waals surface area contributed by atoms with Crippen molar-refractivity contribution in [2.75, 3.05) is 60.3 Å². The van der Waals surface area contributed by atoms with Crippen molar-refractivity contribution in [2.45, 2.75) is 105 Å². The number of amides is 1. The number of aliphatic hydroxyl groups is 1. The Kier molecular flexibility index (Phi) is 9.65. The van der Waals surface area contributed by atoms with E-state index in [-0.39, 0.29) is 12.0 Å². The molecule has 1 saturated carbocycles. The molecule has 1 aromatic carbocycles. The van der Waals surface area contributed by atoms with Crippen molar-refractivity contribution in [1.29, 1.82) is 0 Å². The van der Waals surface area contributed by atoms with E-state index >= 15 is 4.79 Å². The maximum Gasteiger partial charge on any atom is 0.347 e. The summed E-state index contributed by atoms with van der Waals surface area (Å²) in [7, 11) is 4.34. The molecule has 1 amide bonds. The Morgan fingerprint density at radius 2 is 1.85 bits per heavy atom. The molecule has 2 N–H and O–H groups in total. The Hall–Kier alpha value is -3.99. The molecule has 0 radical (unpaired) electrons. The van der Waals surface area contributed by atoms with Crippen molar-refractivity contribution in [3.05, 3.63) is 65.0 Å². The summed E-state index contributed by atoms with van der Waals surface area (Å²) in [5, 5.41) is 13.1. The fourth-order valence-corrected chi connectivity index (χ4v) is 14.8. The number of H-pyrrole nitrogens is 1. The molecule has 10 rings (SSSR count). The van der Waals surface area contributed by atoms with Crippen molar-refractivity contribution < 1.29 is 48.0 Å². The lowest BCUT2D eigenvalue weighted by molar-refractivity contribution is -0.183. The summed E-state index contributed by atoms with van der Waals surface area (Å²) >= 11 is 1.66. The molecule has 14 nitrogen and oxygen atoms in total. The van der Waals surface area contributed by atoms with Crippen molar-refractivity contribution in [2.24, 2.45) is 22.7 Å². The van der Waals surface area contributed by atoms with Crippen LogP contribution in [0.15, 0.2) is 58.7 Å². The van der Waals surface area contributed by atoms with Gasteiger partial charge in [0.1, 0.15) is 5.41 Å². The first-order valence-corrected chi connectivity index (χ1v) is 23.3. The van der Waals surface area contributed by atoms with Gasteiger partial charge in [-0.1, -0.05) is 32.1 Å². The Morgan fingerprint density at radius 3 is 2.53 bits per heavy atom. The predicted molar refractivity (Wildman–Crippen MR) is 229 cm³/mol. The number of esters is 3. The Balaban J connectivity index is 1.27. The molecule has 62 heavy (non-hydrogen) atoms. The number of piperidine rings is 1. The third-order valence-corrected chi connectivity index (χ3v) is 17.3. The summed E-state index contributed by atoms with van der Waals surface area (Å²) in [6, 6.07) is 5.97. The first-order chi connectivity index (χ1) is 29.8. The fourth-order valence-electron chi connectivity index (χ4n) is 14.4. The van der Waals surface area contributed by atoms with Crippen molar-refractivity contribution in [3.8, 4) is 0 Å². The lowest BCUT2D eigenvalue weighted by Gasteiger charge is -2.58. The monoisotopic (exact) mass is 870 g/mol. The van der Waals surface area contributed by atoms with Crippen LogP contribution in [0, 0.1) is 22.7 Å². The van der Waals surface area contributed by atoms with E-state index in [1.165, 1.54) is 26.0 Å². The second kappa shape index (κ2) is 14.3. The topological polar surface area (TPSA) is 163 Å². The molecule has 5 fully saturated rings. The van der Waals surface area contributed by atoms with Gasteiger partial charge in [-0.15, -0.1) is 11.8 Å². The summed E-state index contributed by atoms with van der Waals surface area (Å²) < 4.78 is 31.4. The van der Waals surface area contributed by atoms with Crippen LogP contribution in [-0.2, 0) is 54.7 Å². The number of aromatic nitrogens is 1. The van der Waals surface area contributed by atoms with Gasteiger partial charge in [0, 0.05) is 84.8 Å². The van der Waals surface area contributed by atoms with Gasteiger partial charge < -0.3 is 33.8 Å². The average molecular weight is 871 g/mol. The molecule has 1 aromatic heterocycles. The number of ether oxygens (including phenoxy) is 5. The van der Waals surface area contributed by atoms with E-state index in [4.69, 9.17) is 23.7 Å². The van der Waals surface area contributed by atoms with Gasteiger partial charge >= 0.3 is 17.9 Å². The smallest absolute Gasteiger partial charge is 0.347 e. The number of thioether (sulfide) groups is 1. The number of allylic oxidation sites excluding steroid dienone is 1. The first kappa shape index (κ1) is 42.0. The average Bonchev–Trinajstić information content (AvgIpc) is 3.50.